The molecule has 1 aliphatic heterocycles. The molecule has 1 heterocycles. The number of nitrogens with one attached hydrogen (secondary N) is 2. The van der Waals surface area contributed by atoms with Crippen molar-refractivity contribution in [2.45, 2.75) is 11.3 Å². The van der Waals surface area contributed by atoms with Gasteiger partial charge in [-0.25, -0.2) is 8.42 Å². The van der Waals surface area contributed by atoms with Crippen LogP contribution in [0, 0.1) is 0 Å². The molecule has 0 saturated carbocycles. The molecule has 0 spiro atoms. The van der Waals surface area contributed by atoms with E-state index in [2.05, 4.69) is 27.1 Å². The Morgan fingerprint density at radius 3 is 2.24 bits per heavy atom. The first-order valence-corrected chi connectivity index (χ1v) is 12.7. The van der Waals surface area contributed by atoms with Crippen LogP contribution in [0.5, 0.6) is 0 Å². The minimum absolute atomic E-state index is 0.297. The quantitative estimate of drug-likeness (QED) is 0.443. The lowest BCUT2D eigenvalue weighted by Gasteiger charge is -2.30. The van der Waals surface area contributed by atoms with Crippen LogP contribution < -0.4 is 14.9 Å². The average Bonchev–Trinajstić information content (AvgIpc) is 2.84. The SMILES string of the molecule is O=S(=O)(Nc1cccc(Cc2ccccc2)c1)c1ccc(N2CCNCC2)c2ccccc12. The topological polar surface area (TPSA) is 61.4 Å². The zero-order valence-corrected chi connectivity index (χ0v) is 19.2. The van der Waals surface area contributed by atoms with E-state index in [1.54, 1.807) is 12.1 Å². The van der Waals surface area contributed by atoms with Crippen LogP contribution in [0.2, 0.25) is 0 Å². The summed E-state index contributed by atoms with van der Waals surface area (Å²) in [5.41, 5.74) is 3.89. The number of nitrogens with zero attached hydrogens (tertiary/aromatic N) is 1. The summed E-state index contributed by atoms with van der Waals surface area (Å²) in [6, 6.07) is 29.2. The molecule has 168 valence electrons. The number of anilines is 2. The standard InChI is InChI=1S/C27H27N3O2S/c31-33(32,29-23-10-6-9-22(20-23)19-21-7-2-1-3-8-21)27-14-13-26(30-17-15-28-16-18-30)24-11-4-5-12-25(24)27/h1-14,20,28-29H,15-19H2. The highest BCUT2D eigenvalue weighted by atomic mass is 32.2. The van der Waals surface area contributed by atoms with E-state index in [9.17, 15) is 8.42 Å². The van der Waals surface area contributed by atoms with E-state index in [1.165, 1.54) is 5.56 Å². The summed E-state index contributed by atoms with van der Waals surface area (Å²) in [6.45, 7) is 3.66. The summed E-state index contributed by atoms with van der Waals surface area (Å²) in [7, 11) is -3.76. The molecule has 4 aromatic rings. The monoisotopic (exact) mass is 457 g/mol. The largest absolute Gasteiger partial charge is 0.368 e. The highest BCUT2D eigenvalue weighted by molar-refractivity contribution is 7.93. The van der Waals surface area contributed by atoms with Gasteiger partial charge in [-0.15, -0.1) is 0 Å². The molecule has 0 bridgehead atoms. The van der Waals surface area contributed by atoms with Crippen LogP contribution in [0.4, 0.5) is 11.4 Å². The third-order valence-corrected chi connectivity index (χ3v) is 7.48. The van der Waals surface area contributed by atoms with E-state index in [4.69, 9.17) is 0 Å². The molecule has 1 fully saturated rings. The van der Waals surface area contributed by atoms with Crippen molar-refractivity contribution in [1.82, 2.24) is 5.32 Å². The molecule has 1 saturated heterocycles. The van der Waals surface area contributed by atoms with E-state index in [-0.39, 0.29) is 0 Å². The second-order valence-corrected chi connectivity index (χ2v) is 9.98. The van der Waals surface area contributed by atoms with Gasteiger partial charge in [0.05, 0.1) is 4.90 Å². The summed E-state index contributed by atoms with van der Waals surface area (Å²) < 4.78 is 29.7. The number of hydrogen-bond acceptors (Lipinski definition) is 4. The molecular formula is C27H27N3O2S. The summed E-state index contributed by atoms with van der Waals surface area (Å²) in [5.74, 6) is 0. The van der Waals surface area contributed by atoms with Gasteiger partial charge in [0, 0.05) is 48.3 Å². The molecule has 1 aliphatic rings. The van der Waals surface area contributed by atoms with Gasteiger partial charge >= 0.3 is 0 Å². The fourth-order valence-corrected chi connectivity index (χ4v) is 5.72. The average molecular weight is 458 g/mol. The van der Waals surface area contributed by atoms with Crippen molar-refractivity contribution in [1.29, 1.82) is 0 Å². The third-order valence-electron chi connectivity index (χ3n) is 6.04. The normalized spacial score (nSPS) is 14.4. The second-order valence-electron chi connectivity index (χ2n) is 8.33. The van der Waals surface area contributed by atoms with Crippen LogP contribution >= 0.6 is 0 Å². The molecule has 4 aromatic carbocycles. The molecule has 5 rings (SSSR count). The molecule has 0 aromatic heterocycles. The fourth-order valence-electron chi connectivity index (χ4n) is 4.46. The zero-order chi connectivity index (χ0) is 22.7. The Morgan fingerprint density at radius 2 is 1.45 bits per heavy atom. The maximum atomic E-state index is 13.4. The van der Waals surface area contributed by atoms with E-state index < -0.39 is 10.0 Å². The van der Waals surface area contributed by atoms with Gasteiger partial charge in [0.2, 0.25) is 0 Å². The van der Waals surface area contributed by atoms with Gasteiger partial charge < -0.3 is 10.2 Å². The van der Waals surface area contributed by atoms with Crippen LogP contribution in [-0.2, 0) is 16.4 Å². The zero-order valence-electron chi connectivity index (χ0n) is 18.4. The molecular weight excluding hydrogens is 430 g/mol. The molecule has 0 atom stereocenters. The van der Waals surface area contributed by atoms with Crippen molar-refractivity contribution in [3.63, 3.8) is 0 Å². The van der Waals surface area contributed by atoms with E-state index >= 15 is 0 Å². The molecule has 2 N–H and O–H groups in total. The number of fused-ring (bicyclic) bond motifs is 1. The molecule has 33 heavy (non-hydrogen) atoms. The Balaban J connectivity index is 1.46. The lowest BCUT2D eigenvalue weighted by molar-refractivity contribution is 0.590. The maximum Gasteiger partial charge on any atom is 0.262 e. The summed E-state index contributed by atoms with van der Waals surface area (Å²) in [6.07, 6.45) is 0.749. The smallest absolute Gasteiger partial charge is 0.262 e. The predicted octanol–water partition coefficient (Wildman–Crippen LogP) is 4.64. The number of piperazine rings is 1. The molecule has 0 aliphatic carbocycles. The first kappa shape index (κ1) is 21.5. The Kier molecular flexibility index (Phi) is 6.03. The molecule has 6 heteroatoms. The first-order chi connectivity index (χ1) is 16.1. The van der Waals surface area contributed by atoms with Crippen molar-refractivity contribution in [3.05, 3.63) is 102 Å². The summed E-state index contributed by atoms with van der Waals surface area (Å²) in [4.78, 5) is 2.61. The van der Waals surface area contributed by atoms with Crippen LogP contribution in [-0.4, -0.2) is 34.6 Å². The fraction of sp³-hybridized carbons (Fsp3) is 0.185. The van der Waals surface area contributed by atoms with Crippen molar-refractivity contribution in [2.75, 3.05) is 35.8 Å². The van der Waals surface area contributed by atoms with Crippen molar-refractivity contribution in [2.24, 2.45) is 0 Å². The van der Waals surface area contributed by atoms with Gasteiger partial charge in [0.1, 0.15) is 0 Å². The van der Waals surface area contributed by atoms with E-state index in [1.807, 2.05) is 66.7 Å². The third kappa shape index (κ3) is 4.72. The van der Waals surface area contributed by atoms with Crippen molar-refractivity contribution >= 4 is 32.2 Å². The summed E-state index contributed by atoms with van der Waals surface area (Å²) in [5, 5.41) is 5.06. The van der Waals surface area contributed by atoms with Gasteiger partial charge in [0.15, 0.2) is 0 Å². The van der Waals surface area contributed by atoms with Crippen LogP contribution in [0.1, 0.15) is 11.1 Å². The number of benzene rings is 4. The molecule has 0 radical (unpaired) electrons. The van der Waals surface area contributed by atoms with Crippen molar-refractivity contribution in [3.8, 4) is 0 Å². The molecule has 5 nitrogen and oxygen atoms in total. The molecule has 0 amide bonds. The minimum Gasteiger partial charge on any atom is -0.368 e. The van der Waals surface area contributed by atoms with E-state index in [0.29, 0.717) is 10.6 Å². The van der Waals surface area contributed by atoms with Crippen LogP contribution in [0.3, 0.4) is 0 Å². The Morgan fingerprint density at radius 1 is 0.758 bits per heavy atom. The minimum atomic E-state index is -3.76. The first-order valence-electron chi connectivity index (χ1n) is 11.2. The van der Waals surface area contributed by atoms with Gasteiger partial charge in [-0.3, -0.25) is 4.72 Å². The Labute approximate surface area is 195 Å². The van der Waals surface area contributed by atoms with Gasteiger partial charge in [0.25, 0.3) is 10.0 Å². The van der Waals surface area contributed by atoms with Gasteiger partial charge in [-0.2, -0.15) is 0 Å². The highest BCUT2D eigenvalue weighted by Gasteiger charge is 2.21. The lowest BCUT2D eigenvalue weighted by Crippen LogP contribution is -2.43. The maximum absolute atomic E-state index is 13.4. The number of hydrogen-bond donors (Lipinski definition) is 2. The van der Waals surface area contributed by atoms with Crippen LogP contribution in [0.25, 0.3) is 10.8 Å². The Bertz CT molecular complexity index is 1360. The van der Waals surface area contributed by atoms with E-state index in [0.717, 1.165) is 54.6 Å². The van der Waals surface area contributed by atoms with Gasteiger partial charge in [-0.05, 0) is 41.8 Å². The number of rotatable bonds is 6. The number of sulfonamides is 1. The van der Waals surface area contributed by atoms with Crippen LogP contribution in [0.15, 0.2) is 95.9 Å². The highest BCUT2D eigenvalue weighted by Crippen LogP contribution is 2.33. The Hall–Kier alpha value is -3.35. The lowest BCUT2D eigenvalue weighted by atomic mass is 10.0. The second kappa shape index (κ2) is 9.25. The molecule has 0 unspecified atom stereocenters. The van der Waals surface area contributed by atoms with Gasteiger partial charge in [-0.1, -0.05) is 66.7 Å². The predicted molar refractivity (Wildman–Crippen MR) is 136 cm³/mol. The summed E-state index contributed by atoms with van der Waals surface area (Å²) >= 11 is 0. The van der Waals surface area contributed by atoms with Crippen molar-refractivity contribution < 1.29 is 8.42 Å².